The molecule has 0 aliphatic heterocycles. The van der Waals surface area contributed by atoms with Gasteiger partial charge in [0.15, 0.2) is 0 Å². The topological polar surface area (TPSA) is 80.3 Å². The van der Waals surface area contributed by atoms with Gasteiger partial charge in [-0.15, -0.1) is 0 Å². The first kappa shape index (κ1) is 18.4. The van der Waals surface area contributed by atoms with Gasteiger partial charge in [0.05, 0.1) is 30.3 Å². The van der Waals surface area contributed by atoms with Crippen molar-refractivity contribution in [2.45, 2.75) is 19.4 Å². The highest BCUT2D eigenvalue weighted by Crippen LogP contribution is 2.22. The number of aromatic nitrogens is 1. The summed E-state index contributed by atoms with van der Waals surface area (Å²) < 4.78 is 5.03. The van der Waals surface area contributed by atoms with Gasteiger partial charge >= 0.3 is 12.0 Å². The Balaban J connectivity index is 1.76. The second-order valence-corrected chi connectivity index (χ2v) is 5.95. The lowest BCUT2D eigenvalue weighted by Crippen LogP contribution is -2.34. The van der Waals surface area contributed by atoms with E-state index in [0.717, 1.165) is 10.9 Å². The number of urea groups is 1. The fraction of sp³-hybridized carbons (Fsp3) is 0.190. The van der Waals surface area contributed by atoms with E-state index < -0.39 is 12.1 Å². The van der Waals surface area contributed by atoms with Gasteiger partial charge in [-0.2, -0.15) is 0 Å². The molecular weight excluding hydrogens is 342 g/mol. The fourth-order valence-electron chi connectivity index (χ4n) is 2.85. The molecule has 1 atom stereocenters. The Hall–Kier alpha value is -3.41. The summed E-state index contributed by atoms with van der Waals surface area (Å²) in [5.41, 5.74) is 2.14. The van der Waals surface area contributed by atoms with Crippen LogP contribution in [0.3, 0.4) is 0 Å². The molecule has 0 fully saturated rings. The minimum absolute atomic E-state index is 0.0546. The van der Waals surface area contributed by atoms with Crippen LogP contribution in [0.1, 0.15) is 24.9 Å². The zero-order valence-corrected chi connectivity index (χ0v) is 15.0. The normalized spacial score (nSPS) is 11.6. The SMILES string of the molecule is CCOC(=O)CC(NC(=O)Nc1cccc2cccnc12)c1ccccc1. The molecule has 0 radical (unpaired) electrons. The smallest absolute Gasteiger partial charge is 0.319 e. The van der Waals surface area contributed by atoms with Crippen molar-refractivity contribution < 1.29 is 14.3 Å². The minimum Gasteiger partial charge on any atom is -0.466 e. The summed E-state index contributed by atoms with van der Waals surface area (Å²) in [6, 6.07) is 17.8. The van der Waals surface area contributed by atoms with E-state index in [-0.39, 0.29) is 12.4 Å². The Kier molecular flexibility index (Phi) is 5.99. The molecule has 0 spiro atoms. The molecule has 27 heavy (non-hydrogen) atoms. The average Bonchev–Trinajstić information content (AvgIpc) is 2.69. The monoisotopic (exact) mass is 363 g/mol. The van der Waals surface area contributed by atoms with Crippen molar-refractivity contribution in [2.24, 2.45) is 0 Å². The summed E-state index contributed by atoms with van der Waals surface area (Å²) in [7, 11) is 0. The lowest BCUT2D eigenvalue weighted by molar-refractivity contribution is -0.143. The number of anilines is 1. The number of pyridine rings is 1. The van der Waals surface area contributed by atoms with E-state index in [1.165, 1.54) is 0 Å². The number of nitrogens with zero attached hydrogens (tertiary/aromatic N) is 1. The van der Waals surface area contributed by atoms with Crippen molar-refractivity contribution in [3.8, 4) is 0 Å². The number of carbonyl (C=O) groups excluding carboxylic acids is 2. The molecule has 138 valence electrons. The molecule has 0 aliphatic carbocycles. The quantitative estimate of drug-likeness (QED) is 0.648. The predicted octanol–water partition coefficient (Wildman–Crippen LogP) is 4.05. The third kappa shape index (κ3) is 4.82. The van der Waals surface area contributed by atoms with E-state index in [4.69, 9.17) is 4.74 Å². The fourth-order valence-corrected chi connectivity index (χ4v) is 2.85. The number of ether oxygens (including phenoxy) is 1. The Morgan fingerprint density at radius 1 is 1.04 bits per heavy atom. The summed E-state index contributed by atoms with van der Waals surface area (Å²) in [6.45, 7) is 2.05. The number of para-hydroxylation sites is 1. The highest BCUT2D eigenvalue weighted by molar-refractivity contribution is 5.99. The van der Waals surface area contributed by atoms with Crippen LogP contribution in [-0.2, 0) is 9.53 Å². The first-order valence-corrected chi connectivity index (χ1v) is 8.79. The van der Waals surface area contributed by atoms with Gasteiger partial charge in [-0.1, -0.05) is 48.5 Å². The van der Waals surface area contributed by atoms with Gasteiger partial charge in [-0.3, -0.25) is 9.78 Å². The summed E-state index contributed by atoms with van der Waals surface area (Å²) in [5, 5.41) is 6.61. The molecular formula is C21H21N3O3. The second-order valence-electron chi connectivity index (χ2n) is 5.95. The van der Waals surface area contributed by atoms with Crippen LogP contribution in [0.15, 0.2) is 66.9 Å². The molecule has 2 amide bonds. The van der Waals surface area contributed by atoms with Crippen molar-refractivity contribution in [3.63, 3.8) is 0 Å². The van der Waals surface area contributed by atoms with Crippen LogP contribution >= 0.6 is 0 Å². The molecule has 3 rings (SSSR count). The summed E-state index contributed by atoms with van der Waals surface area (Å²) >= 11 is 0. The van der Waals surface area contributed by atoms with Crippen molar-refractivity contribution in [2.75, 3.05) is 11.9 Å². The Morgan fingerprint density at radius 2 is 1.81 bits per heavy atom. The molecule has 2 aromatic carbocycles. The minimum atomic E-state index is -0.492. The predicted molar refractivity (Wildman–Crippen MR) is 104 cm³/mol. The number of fused-ring (bicyclic) bond motifs is 1. The maximum absolute atomic E-state index is 12.6. The van der Waals surface area contributed by atoms with E-state index in [1.807, 2.05) is 54.6 Å². The zero-order chi connectivity index (χ0) is 19.1. The first-order chi connectivity index (χ1) is 13.2. The van der Waals surface area contributed by atoms with Crippen LogP contribution in [0.2, 0.25) is 0 Å². The van der Waals surface area contributed by atoms with Crippen LogP contribution in [-0.4, -0.2) is 23.6 Å². The third-order valence-corrected chi connectivity index (χ3v) is 4.06. The van der Waals surface area contributed by atoms with E-state index in [2.05, 4.69) is 15.6 Å². The van der Waals surface area contributed by atoms with Crippen molar-refractivity contribution in [1.82, 2.24) is 10.3 Å². The second kappa shape index (κ2) is 8.80. The van der Waals surface area contributed by atoms with Gasteiger partial charge in [-0.05, 0) is 24.6 Å². The molecule has 1 aromatic heterocycles. The summed E-state index contributed by atoms with van der Waals surface area (Å²) in [4.78, 5) is 28.8. The van der Waals surface area contributed by atoms with Crippen LogP contribution < -0.4 is 10.6 Å². The van der Waals surface area contributed by atoms with Crippen molar-refractivity contribution >= 4 is 28.6 Å². The molecule has 0 saturated carbocycles. The van der Waals surface area contributed by atoms with Gasteiger partial charge < -0.3 is 15.4 Å². The maximum Gasteiger partial charge on any atom is 0.319 e. The lowest BCUT2D eigenvalue weighted by Gasteiger charge is -2.19. The van der Waals surface area contributed by atoms with Crippen LogP contribution in [0.4, 0.5) is 10.5 Å². The van der Waals surface area contributed by atoms with Gasteiger partial charge in [0.25, 0.3) is 0 Å². The maximum atomic E-state index is 12.6. The van der Waals surface area contributed by atoms with Gasteiger partial charge in [-0.25, -0.2) is 4.79 Å². The molecule has 1 heterocycles. The largest absolute Gasteiger partial charge is 0.466 e. The van der Waals surface area contributed by atoms with Gasteiger partial charge in [0, 0.05) is 11.6 Å². The Labute approximate surface area is 157 Å². The number of benzene rings is 2. The molecule has 0 aliphatic rings. The molecule has 1 unspecified atom stereocenters. The van der Waals surface area contributed by atoms with Crippen LogP contribution in [0.25, 0.3) is 10.9 Å². The van der Waals surface area contributed by atoms with Crippen LogP contribution in [0.5, 0.6) is 0 Å². The molecule has 6 nitrogen and oxygen atoms in total. The zero-order valence-electron chi connectivity index (χ0n) is 15.0. The molecule has 3 aromatic rings. The highest BCUT2D eigenvalue weighted by atomic mass is 16.5. The van der Waals surface area contributed by atoms with E-state index >= 15 is 0 Å². The first-order valence-electron chi connectivity index (χ1n) is 8.79. The molecule has 0 saturated heterocycles. The number of hydrogen-bond acceptors (Lipinski definition) is 4. The number of carbonyl (C=O) groups is 2. The molecule has 0 bridgehead atoms. The van der Waals surface area contributed by atoms with Crippen LogP contribution in [0, 0.1) is 0 Å². The van der Waals surface area contributed by atoms with Gasteiger partial charge in [0.2, 0.25) is 0 Å². The van der Waals surface area contributed by atoms with E-state index in [0.29, 0.717) is 17.8 Å². The summed E-state index contributed by atoms with van der Waals surface area (Å²) in [5.74, 6) is -0.363. The number of hydrogen-bond donors (Lipinski definition) is 2. The standard InChI is InChI=1S/C21H21N3O3/c1-2-27-19(25)14-18(15-8-4-3-5-9-15)24-21(26)23-17-12-6-10-16-11-7-13-22-20(16)17/h3-13,18H,2,14H2,1H3,(H2,23,24,26). The number of esters is 1. The van der Waals surface area contributed by atoms with Crippen molar-refractivity contribution in [3.05, 3.63) is 72.4 Å². The number of rotatable bonds is 6. The Morgan fingerprint density at radius 3 is 2.59 bits per heavy atom. The molecule has 2 N–H and O–H groups in total. The number of nitrogens with one attached hydrogen (secondary N) is 2. The third-order valence-electron chi connectivity index (χ3n) is 4.06. The van der Waals surface area contributed by atoms with E-state index in [1.54, 1.807) is 19.2 Å². The number of amides is 2. The highest BCUT2D eigenvalue weighted by Gasteiger charge is 2.19. The lowest BCUT2D eigenvalue weighted by atomic mass is 10.0. The van der Waals surface area contributed by atoms with Crippen molar-refractivity contribution in [1.29, 1.82) is 0 Å². The Bertz CT molecular complexity index is 923. The molecule has 6 heteroatoms. The summed E-state index contributed by atoms with van der Waals surface area (Å²) in [6.07, 6.45) is 1.73. The van der Waals surface area contributed by atoms with Gasteiger partial charge in [0.1, 0.15) is 0 Å². The average molecular weight is 363 g/mol. The van der Waals surface area contributed by atoms with E-state index in [9.17, 15) is 9.59 Å².